The van der Waals surface area contributed by atoms with Crippen molar-refractivity contribution in [2.24, 2.45) is 0 Å². The van der Waals surface area contributed by atoms with Crippen molar-refractivity contribution in [1.82, 2.24) is 9.55 Å². The molecule has 0 saturated carbocycles. The summed E-state index contributed by atoms with van der Waals surface area (Å²) in [5, 5.41) is 3.30. The van der Waals surface area contributed by atoms with Gasteiger partial charge in [0.25, 0.3) is 0 Å². The lowest BCUT2D eigenvalue weighted by Crippen LogP contribution is -2.14. The SMILES string of the molecule is COc1cc(NC(=O)CCc2nc3ccccc3n2-c2ccccc2)c(OC)cc1Cl. The zero-order valence-corrected chi connectivity index (χ0v) is 18.0. The molecule has 1 heterocycles. The number of amides is 1. The Labute approximate surface area is 185 Å². The second kappa shape index (κ2) is 9.10. The highest BCUT2D eigenvalue weighted by Gasteiger charge is 2.16. The van der Waals surface area contributed by atoms with Gasteiger partial charge in [-0.25, -0.2) is 4.98 Å². The Morgan fingerprint density at radius 1 is 1.00 bits per heavy atom. The fraction of sp³-hybridized carbons (Fsp3) is 0.167. The largest absolute Gasteiger partial charge is 0.495 e. The maximum atomic E-state index is 12.7. The van der Waals surface area contributed by atoms with Crippen molar-refractivity contribution in [3.63, 3.8) is 0 Å². The number of halogens is 1. The van der Waals surface area contributed by atoms with Gasteiger partial charge in [-0.15, -0.1) is 0 Å². The number of aromatic nitrogens is 2. The van der Waals surface area contributed by atoms with Crippen LogP contribution in [0.2, 0.25) is 5.02 Å². The monoisotopic (exact) mass is 435 g/mol. The molecule has 6 nitrogen and oxygen atoms in total. The van der Waals surface area contributed by atoms with Crippen LogP contribution in [0.15, 0.2) is 66.7 Å². The molecule has 3 aromatic carbocycles. The number of ether oxygens (including phenoxy) is 2. The summed E-state index contributed by atoms with van der Waals surface area (Å²) in [5.74, 6) is 1.59. The lowest BCUT2D eigenvalue weighted by Gasteiger charge is -2.13. The summed E-state index contributed by atoms with van der Waals surface area (Å²) in [5.41, 5.74) is 3.42. The summed E-state index contributed by atoms with van der Waals surface area (Å²) in [7, 11) is 3.05. The molecule has 0 atom stereocenters. The van der Waals surface area contributed by atoms with Gasteiger partial charge in [0.2, 0.25) is 5.91 Å². The van der Waals surface area contributed by atoms with Crippen molar-refractivity contribution in [2.75, 3.05) is 19.5 Å². The molecule has 31 heavy (non-hydrogen) atoms. The van der Waals surface area contributed by atoms with E-state index in [2.05, 4.69) is 9.88 Å². The van der Waals surface area contributed by atoms with E-state index >= 15 is 0 Å². The molecule has 1 aromatic heterocycles. The van der Waals surface area contributed by atoms with Crippen molar-refractivity contribution < 1.29 is 14.3 Å². The Morgan fingerprint density at radius 2 is 1.71 bits per heavy atom. The molecule has 7 heteroatoms. The van der Waals surface area contributed by atoms with Crippen LogP contribution in [0.5, 0.6) is 11.5 Å². The first kappa shape index (κ1) is 20.8. The van der Waals surface area contributed by atoms with E-state index < -0.39 is 0 Å². The van der Waals surface area contributed by atoms with Crippen molar-refractivity contribution in [2.45, 2.75) is 12.8 Å². The Bertz CT molecular complexity index is 1220. The highest BCUT2D eigenvalue weighted by molar-refractivity contribution is 6.32. The van der Waals surface area contributed by atoms with Crippen LogP contribution in [-0.4, -0.2) is 29.7 Å². The summed E-state index contributed by atoms with van der Waals surface area (Å²) in [6.45, 7) is 0. The Morgan fingerprint density at radius 3 is 2.45 bits per heavy atom. The van der Waals surface area contributed by atoms with E-state index in [9.17, 15) is 4.79 Å². The maximum absolute atomic E-state index is 12.7. The number of methoxy groups -OCH3 is 2. The molecule has 0 aliphatic carbocycles. The van der Waals surface area contributed by atoms with Gasteiger partial charge in [-0.2, -0.15) is 0 Å². The number of nitrogens with one attached hydrogen (secondary N) is 1. The number of hydrogen-bond acceptors (Lipinski definition) is 4. The third-order valence-corrected chi connectivity index (χ3v) is 5.26. The van der Waals surface area contributed by atoms with Gasteiger partial charge in [0.15, 0.2) is 0 Å². The second-order valence-electron chi connectivity index (χ2n) is 6.92. The first-order valence-electron chi connectivity index (χ1n) is 9.84. The quantitative estimate of drug-likeness (QED) is 0.429. The van der Waals surface area contributed by atoms with Crippen LogP contribution in [-0.2, 0) is 11.2 Å². The minimum absolute atomic E-state index is 0.158. The number of para-hydroxylation sites is 3. The zero-order valence-electron chi connectivity index (χ0n) is 17.3. The number of nitrogens with zero attached hydrogens (tertiary/aromatic N) is 2. The first-order valence-corrected chi connectivity index (χ1v) is 10.2. The van der Waals surface area contributed by atoms with Gasteiger partial charge < -0.3 is 14.8 Å². The predicted molar refractivity (Wildman–Crippen MR) is 123 cm³/mol. The molecule has 1 amide bonds. The molecule has 0 aliphatic rings. The molecule has 4 aromatic rings. The number of rotatable bonds is 7. The van der Waals surface area contributed by atoms with Gasteiger partial charge in [0, 0.05) is 30.7 Å². The number of carbonyl (C=O) groups is 1. The number of anilines is 1. The number of aryl methyl sites for hydroxylation is 1. The number of benzene rings is 3. The third kappa shape index (κ3) is 4.34. The van der Waals surface area contributed by atoms with Crippen molar-refractivity contribution in [1.29, 1.82) is 0 Å². The van der Waals surface area contributed by atoms with Gasteiger partial charge in [0.05, 0.1) is 36.0 Å². The molecular formula is C24H22ClN3O3. The Kier molecular flexibility index (Phi) is 6.09. The van der Waals surface area contributed by atoms with Crippen LogP contribution >= 0.6 is 11.6 Å². The van der Waals surface area contributed by atoms with E-state index in [1.165, 1.54) is 14.2 Å². The topological polar surface area (TPSA) is 65.4 Å². The second-order valence-corrected chi connectivity index (χ2v) is 7.33. The molecule has 0 aliphatic heterocycles. The molecule has 0 radical (unpaired) electrons. The summed E-state index contributed by atoms with van der Waals surface area (Å²) >= 11 is 6.14. The van der Waals surface area contributed by atoms with E-state index in [4.69, 9.17) is 26.1 Å². The fourth-order valence-corrected chi connectivity index (χ4v) is 3.74. The van der Waals surface area contributed by atoms with Crippen molar-refractivity contribution in [3.8, 4) is 17.2 Å². The minimum Gasteiger partial charge on any atom is -0.495 e. The number of carbonyl (C=O) groups excluding carboxylic acids is 1. The highest BCUT2D eigenvalue weighted by Crippen LogP contribution is 2.36. The molecule has 0 bridgehead atoms. The van der Waals surface area contributed by atoms with Gasteiger partial charge in [0.1, 0.15) is 17.3 Å². The summed E-state index contributed by atoms with van der Waals surface area (Å²) in [6.07, 6.45) is 0.729. The van der Waals surface area contributed by atoms with E-state index in [1.54, 1.807) is 12.1 Å². The van der Waals surface area contributed by atoms with Crippen LogP contribution in [0.25, 0.3) is 16.7 Å². The average molecular weight is 436 g/mol. The van der Waals surface area contributed by atoms with E-state index in [0.717, 1.165) is 22.5 Å². The molecular weight excluding hydrogens is 414 g/mol. The Hall–Kier alpha value is -3.51. The Balaban J connectivity index is 1.57. The standard InChI is InChI=1S/C24H22ClN3O3/c1-30-21-15-19(22(31-2)14-17(21)25)27-24(29)13-12-23-26-18-10-6-7-11-20(18)28(23)16-8-4-3-5-9-16/h3-11,14-15H,12-13H2,1-2H3,(H,27,29). The van der Waals surface area contributed by atoms with Crippen molar-refractivity contribution >= 4 is 34.2 Å². The molecule has 0 spiro atoms. The number of hydrogen-bond donors (Lipinski definition) is 1. The van der Waals surface area contributed by atoms with Crippen LogP contribution in [0, 0.1) is 0 Å². The number of imidazole rings is 1. The average Bonchev–Trinajstić information content (AvgIpc) is 3.17. The van der Waals surface area contributed by atoms with Crippen LogP contribution in [0.4, 0.5) is 5.69 Å². The van der Waals surface area contributed by atoms with Crippen LogP contribution in [0.3, 0.4) is 0 Å². The van der Waals surface area contributed by atoms with E-state index in [0.29, 0.717) is 28.6 Å². The maximum Gasteiger partial charge on any atom is 0.224 e. The molecule has 0 unspecified atom stereocenters. The predicted octanol–water partition coefficient (Wildman–Crippen LogP) is 5.27. The smallest absolute Gasteiger partial charge is 0.224 e. The lowest BCUT2D eigenvalue weighted by atomic mass is 10.2. The minimum atomic E-state index is -0.158. The molecule has 4 rings (SSSR count). The molecule has 0 saturated heterocycles. The van der Waals surface area contributed by atoms with Crippen LogP contribution < -0.4 is 14.8 Å². The van der Waals surface area contributed by atoms with Gasteiger partial charge in [-0.3, -0.25) is 9.36 Å². The third-order valence-electron chi connectivity index (χ3n) is 4.97. The van der Waals surface area contributed by atoms with Gasteiger partial charge in [-0.05, 0) is 24.3 Å². The molecule has 1 N–H and O–H groups in total. The fourth-order valence-electron chi connectivity index (χ4n) is 3.50. The van der Waals surface area contributed by atoms with E-state index in [-0.39, 0.29) is 12.3 Å². The summed E-state index contributed by atoms with van der Waals surface area (Å²) in [6, 6.07) is 21.2. The highest BCUT2D eigenvalue weighted by atomic mass is 35.5. The van der Waals surface area contributed by atoms with E-state index in [1.807, 2.05) is 54.6 Å². The zero-order chi connectivity index (χ0) is 21.8. The summed E-state index contributed by atoms with van der Waals surface area (Å²) in [4.78, 5) is 17.5. The normalized spacial score (nSPS) is 10.8. The van der Waals surface area contributed by atoms with Gasteiger partial charge in [-0.1, -0.05) is 41.9 Å². The van der Waals surface area contributed by atoms with Crippen molar-refractivity contribution in [3.05, 3.63) is 77.6 Å². The lowest BCUT2D eigenvalue weighted by molar-refractivity contribution is -0.116. The number of fused-ring (bicyclic) bond motifs is 1. The molecule has 0 fully saturated rings. The van der Waals surface area contributed by atoms with Crippen LogP contribution in [0.1, 0.15) is 12.2 Å². The first-order chi connectivity index (χ1) is 15.1. The van der Waals surface area contributed by atoms with Gasteiger partial charge >= 0.3 is 0 Å². The summed E-state index contributed by atoms with van der Waals surface area (Å²) < 4.78 is 12.7. The molecule has 158 valence electrons.